The topological polar surface area (TPSA) is 57.8 Å². The second kappa shape index (κ2) is 8.01. The minimum Gasteiger partial charge on any atom is -0.350 e. The summed E-state index contributed by atoms with van der Waals surface area (Å²) in [6.45, 7) is 12.1. The van der Waals surface area contributed by atoms with E-state index >= 15 is 0 Å². The molecule has 2 N–H and O–H groups in total. The average molecular weight is 376 g/mol. The van der Waals surface area contributed by atoms with Gasteiger partial charge in [-0.1, -0.05) is 25.1 Å². The van der Waals surface area contributed by atoms with E-state index < -0.39 is 0 Å². The first-order chi connectivity index (χ1) is 13.3. The van der Waals surface area contributed by atoms with Crippen molar-refractivity contribution in [2.75, 3.05) is 0 Å². The van der Waals surface area contributed by atoms with Crippen LogP contribution in [0.15, 0.2) is 35.9 Å². The van der Waals surface area contributed by atoms with Gasteiger partial charge in [-0.3, -0.25) is 4.79 Å². The first kappa shape index (κ1) is 19.9. The number of aromatic nitrogens is 2. The molecule has 146 valence electrons. The third kappa shape index (κ3) is 4.16. The molecular weight excluding hydrogens is 346 g/mol. The van der Waals surface area contributed by atoms with Gasteiger partial charge in [-0.2, -0.15) is 0 Å². The molecule has 0 aliphatic rings. The molecular formula is C24H29N3O. The zero-order chi connectivity index (χ0) is 20.4. The van der Waals surface area contributed by atoms with E-state index in [1.807, 2.05) is 26.8 Å². The first-order valence-corrected chi connectivity index (χ1v) is 9.88. The number of nitrogens with zero attached hydrogens (tertiary/aromatic N) is 1. The number of benzene rings is 2. The van der Waals surface area contributed by atoms with Gasteiger partial charge in [0.15, 0.2) is 0 Å². The van der Waals surface area contributed by atoms with E-state index in [0.717, 1.165) is 40.0 Å². The third-order valence-electron chi connectivity index (χ3n) is 4.94. The number of carbonyl (C=O) groups is 1. The predicted molar refractivity (Wildman–Crippen MR) is 117 cm³/mol. The van der Waals surface area contributed by atoms with Gasteiger partial charge >= 0.3 is 0 Å². The van der Waals surface area contributed by atoms with Crippen molar-refractivity contribution in [1.82, 2.24) is 15.3 Å². The molecule has 3 aromatic rings. The Morgan fingerprint density at radius 1 is 1.18 bits per heavy atom. The smallest absolute Gasteiger partial charge is 0.247 e. The molecule has 4 nitrogen and oxygen atoms in total. The number of nitrogens with one attached hydrogen (secondary N) is 2. The molecule has 0 aliphatic carbocycles. The maximum absolute atomic E-state index is 12.2. The largest absolute Gasteiger partial charge is 0.350 e. The lowest BCUT2D eigenvalue weighted by Gasteiger charge is -2.12. The predicted octanol–water partition coefficient (Wildman–Crippen LogP) is 5.34. The highest BCUT2D eigenvalue weighted by Gasteiger charge is 2.10. The zero-order valence-corrected chi connectivity index (χ0v) is 17.6. The standard InChI is InChI=1S/C24H29N3O/c1-7-23-26-21-9-8-18(13-22(21)27-23)20-12-15(4)19(10-16(20)5)11-17(6)24(28)25-14(2)3/h8-14H,7H2,1-6H3,(H,25,28)(H,26,27). The second-order valence-electron chi connectivity index (χ2n) is 7.75. The molecule has 0 aliphatic heterocycles. The zero-order valence-electron chi connectivity index (χ0n) is 17.6. The number of aryl methyl sites for hydroxylation is 3. The molecule has 0 radical (unpaired) electrons. The Hall–Kier alpha value is -2.88. The summed E-state index contributed by atoms with van der Waals surface area (Å²) < 4.78 is 0. The van der Waals surface area contributed by atoms with E-state index in [0.29, 0.717) is 0 Å². The maximum atomic E-state index is 12.2. The molecule has 1 amide bonds. The van der Waals surface area contributed by atoms with E-state index in [2.05, 4.69) is 66.4 Å². The lowest BCUT2D eigenvalue weighted by atomic mass is 9.94. The highest BCUT2D eigenvalue weighted by Crippen LogP contribution is 2.29. The Kier molecular flexibility index (Phi) is 5.68. The van der Waals surface area contributed by atoms with E-state index in [9.17, 15) is 4.79 Å². The van der Waals surface area contributed by atoms with Crippen LogP contribution in [-0.2, 0) is 11.2 Å². The summed E-state index contributed by atoms with van der Waals surface area (Å²) in [5, 5.41) is 2.94. The lowest BCUT2D eigenvalue weighted by molar-refractivity contribution is -0.117. The number of imidazole rings is 1. The van der Waals surface area contributed by atoms with E-state index in [-0.39, 0.29) is 11.9 Å². The van der Waals surface area contributed by atoms with Crippen molar-refractivity contribution in [1.29, 1.82) is 0 Å². The van der Waals surface area contributed by atoms with Gasteiger partial charge in [-0.05, 0) is 80.6 Å². The fourth-order valence-electron chi connectivity index (χ4n) is 3.38. The molecule has 3 rings (SSSR count). The summed E-state index contributed by atoms with van der Waals surface area (Å²) in [6.07, 6.45) is 2.86. The van der Waals surface area contributed by atoms with Gasteiger partial charge in [-0.15, -0.1) is 0 Å². The Bertz CT molecular complexity index is 1060. The molecule has 0 unspecified atom stereocenters. The number of aromatic amines is 1. The number of hydrogen-bond acceptors (Lipinski definition) is 2. The molecule has 4 heteroatoms. The number of fused-ring (bicyclic) bond motifs is 1. The molecule has 28 heavy (non-hydrogen) atoms. The van der Waals surface area contributed by atoms with Gasteiger partial charge in [0.2, 0.25) is 5.91 Å². The fourth-order valence-corrected chi connectivity index (χ4v) is 3.38. The number of rotatable bonds is 5. The molecule has 1 heterocycles. The van der Waals surface area contributed by atoms with Gasteiger partial charge in [0.1, 0.15) is 5.82 Å². The lowest BCUT2D eigenvalue weighted by Crippen LogP contribution is -2.30. The molecule has 0 spiro atoms. The quantitative estimate of drug-likeness (QED) is 0.592. The first-order valence-electron chi connectivity index (χ1n) is 9.88. The number of hydrogen-bond donors (Lipinski definition) is 2. The second-order valence-corrected chi connectivity index (χ2v) is 7.75. The molecule has 0 atom stereocenters. The van der Waals surface area contributed by atoms with Crippen LogP contribution in [0.4, 0.5) is 0 Å². The van der Waals surface area contributed by atoms with Crippen LogP contribution in [0.3, 0.4) is 0 Å². The molecule has 2 aromatic carbocycles. The average Bonchev–Trinajstić information content (AvgIpc) is 3.06. The Morgan fingerprint density at radius 2 is 1.93 bits per heavy atom. The van der Waals surface area contributed by atoms with Crippen LogP contribution in [0.2, 0.25) is 0 Å². The third-order valence-corrected chi connectivity index (χ3v) is 4.94. The summed E-state index contributed by atoms with van der Waals surface area (Å²) in [7, 11) is 0. The van der Waals surface area contributed by atoms with Crippen molar-refractivity contribution in [3.63, 3.8) is 0 Å². The van der Waals surface area contributed by atoms with Gasteiger partial charge < -0.3 is 10.3 Å². The summed E-state index contributed by atoms with van der Waals surface area (Å²) >= 11 is 0. The number of carbonyl (C=O) groups excluding carboxylic acids is 1. The van der Waals surface area contributed by atoms with E-state index in [4.69, 9.17) is 0 Å². The minimum absolute atomic E-state index is 0.0208. The Labute approximate surface area is 167 Å². The maximum Gasteiger partial charge on any atom is 0.247 e. The van der Waals surface area contributed by atoms with Crippen molar-refractivity contribution in [2.45, 2.75) is 54.0 Å². The van der Waals surface area contributed by atoms with E-state index in [1.54, 1.807) is 0 Å². The van der Waals surface area contributed by atoms with Gasteiger partial charge in [0.05, 0.1) is 11.0 Å². The van der Waals surface area contributed by atoms with Crippen molar-refractivity contribution >= 4 is 23.0 Å². The van der Waals surface area contributed by atoms with Crippen LogP contribution in [-0.4, -0.2) is 21.9 Å². The normalized spacial score (nSPS) is 12.0. The summed E-state index contributed by atoms with van der Waals surface area (Å²) in [6, 6.07) is 10.9. The van der Waals surface area contributed by atoms with Crippen LogP contribution in [0.25, 0.3) is 28.2 Å². The molecule has 1 aromatic heterocycles. The van der Waals surface area contributed by atoms with Crippen LogP contribution in [0, 0.1) is 13.8 Å². The fraction of sp³-hybridized carbons (Fsp3) is 0.333. The van der Waals surface area contributed by atoms with Crippen molar-refractivity contribution in [3.8, 4) is 11.1 Å². The highest BCUT2D eigenvalue weighted by atomic mass is 16.1. The van der Waals surface area contributed by atoms with Gasteiger partial charge in [0, 0.05) is 18.0 Å². The molecule has 0 bridgehead atoms. The minimum atomic E-state index is -0.0208. The molecule has 0 fully saturated rings. The number of amides is 1. The monoisotopic (exact) mass is 375 g/mol. The molecule has 0 saturated carbocycles. The Balaban J connectivity index is 1.97. The molecule has 0 saturated heterocycles. The number of H-pyrrole nitrogens is 1. The van der Waals surface area contributed by atoms with Gasteiger partial charge in [-0.25, -0.2) is 4.98 Å². The van der Waals surface area contributed by atoms with E-state index in [1.165, 1.54) is 16.7 Å². The summed E-state index contributed by atoms with van der Waals surface area (Å²) in [4.78, 5) is 20.2. The summed E-state index contributed by atoms with van der Waals surface area (Å²) in [5.74, 6) is 0.989. The highest BCUT2D eigenvalue weighted by molar-refractivity contribution is 5.97. The van der Waals surface area contributed by atoms with Gasteiger partial charge in [0.25, 0.3) is 0 Å². The van der Waals surface area contributed by atoms with Crippen LogP contribution in [0.5, 0.6) is 0 Å². The SMILES string of the molecule is CCc1nc2ccc(-c3cc(C)c(C=C(C)C(=O)NC(C)C)cc3C)cc2[nH]1. The van der Waals surface area contributed by atoms with Crippen molar-refractivity contribution in [2.24, 2.45) is 0 Å². The van der Waals surface area contributed by atoms with Crippen LogP contribution in [0.1, 0.15) is 50.2 Å². The van der Waals surface area contributed by atoms with Crippen molar-refractivity contribution in [3.05, 3.63) is 58.4 Å². The Morgan fingerprint density at radius 3 is 2.61 bits per heavy atom. The summed E-state index contributed by atoms with van der Waals surface area (Å²) in [5.41, 5.74) is 8.57. The van der Waals surface area contributed by atoms with Crippen LogP contribution < -0.4 is 5.32 Å². The van der Waals surface area contributed by atoms with Crippen molar-refractivity contribution < 1.29 is 4.79 Å². The van der Waals surface area contributed by atoms with Crippen LogP contribution >= 0.6 is 0 Å².